The Labute approximate surface area is 114 Å². The van der Waals surface area contributed by atoms with Gasteiger partial charge in [0.05, 0.1) is 4.90 Å². The molecule has 2 unspecified atom stereocenters. The molecule has 0 radical (unpaired) electrons. The van der Waals surface area contributed by atoms with Crippen molar-refractivity contribution in [3.63, 3.8) is 0 Å². The van der Waals surface area contributed by atoms with Gasteiger partial charge in [-0.25, -0.2) is 12.8 Å². The summed E-state index contributed by atoms with van der Waals surface area (Å²) in [6, 6.07) is 3.16. The molecule has 1 fully saturated rings. The molecule has 2 N–H and O–H groups in total. The van der Waals surface area contributed by atoms with Gasteiger partial charge in [0, 0.05) is 23.1 Å². The molecule has 100 valence electrons. The van der Waals surface area contributed by atoms with E-state index in [-0.39, 0.29) is 21.5 Å². The molecule has 0 aliphatic carbocycles. The average molecular weight is 337 g/mol. The molecule has 18 heavy (non-hydrogen) atoms. The molecule has 1 heterocycles. The number of halogens is 2. The van der Waals surface area contributed by atoms with Crippen LogP contribution in [0.15, 0.2) is 27.6 Å². The zero-order valence-electron chi connectivity index (χ0n) is 9.81. The van der Waals surface area contributed by atoms with Crippen LogP contribution >= 0.6 is 15.9 Å². The summed E-state index contributed by atoms with van der Waals surface area (Å²) in [7, 11) is -3.63. The van der Waals surface area contributed by atoms with Crippen LogP contribution in [0.3, 0.4) is 0 Å². The Morgan fingerprint density at radius 3 is 2.67 bits per heavy atom. The van der Waals surface area contributed by atoms with E-state index < -0.39 is 15.8 Å². The molecular weight excluding hydrogens is 323 g/mol. The third kappa shape index (κ3) is 2.32. The van der Waals surface area contributed by atoms with E-state index in [4.69, 9.17) is 5.73 Å². The molecule has 0 aromatic heterocycles. The fourth-order valence-electron chi connectivity index (χ4n) is 2.08. The number of hydrogen-bond donors (Lipinski definition) is 1. The summed E-state index contributed by atoms with van der Waals surface area (Å²) >= 11 is 3.09. The summed E-state index contributed by atoms with van der Waals surface area (Å²) in [5.41, 5.74) is 5.83. The van der Waals surface area contributed by atoms with E-state index >= 15 is 0 Å². The van der Waals surface area contributed by atoms with Gasteiger partial charge in [-0.05, 0) is 47.5 Å². The van der Waals surface area contributed by atoms with E-state index in [0.717, 1.165) is 12.1 Å². The van der Waals surface area contributed by atoms with Crippen LogP contribution < -0.4 is 5.73 Å². The molecule has 4 nitrogen and oxygen atoms in total. The van der Waals surface area contributed by atoms with Crippen molar-refractivity contribution in [3.05, 3.63) is 28.5 Å². The quantitative estimate of drug-likeness (QED) is 0.893. The third-order valence-electron chi connectivity index (χ3n) is 3.24. The first-order chi connectivity index (χ1) is 8.34. The zero-order chi connectivity index (χ0) is 13.5. The maximum Gasteiger partial charge on any atom is 0.244 e. The lowest BCUT2D eigenvalue weighted by Gasteiger charge is -2.23. The predicted octanol–water partition coefficient (Wildman–Crippen LogP) is 1.70. The van der Waals surface area contributed by atoms with Crippen LogP contribution in [0.5, 0.6) is 0 Å². The van der Waals surface area contributed by atoms with Crippen molar-refractivity contribution in [3.8, 4) is 0 Å². The van der Waals surface area contributed by atoms with E-state index in [1.165, 1.54) is 10.4 Å². The molecule has 0 saturated carbocycles. The Hall–Kier alpha value is -0.500. The molecule has 1 aliphatic heterocycles. The molecule has 2 rings (SSSR count). The lowest BCUT2D eigenvalue weighted by atomic mass is 10.2. The van der Waals surface area contributed by atoms with Gasteiger partial charge in [0.25, 0.3) is 0 Å². The first kappa shape index (κ1) is 13.9. The summed E-state index contributed by atoms with van der Waals surface area (Å²) in [5, 5.41) is 0. The van der Waals surface area contributed by atoms with Gasteiger partial charge >= 0.3 is 0 Å². The number of benzene rings is 1. The molecule has 1 saturated heterocycles. The molecule has 7 heteroatoms. The van der Waals surface area contributed by atoms with E-state index in [1.54, 1.807) is 6.92 Å². The van der Waals surface area contributed by atoms with Crippen LogP contribution in [-0.4, -0.2) is 31.4 Å². The van der Waals surface area contributed by atoms with Crippen molar-refractivity contribution in [1.82, 2.24) is 4.31 Å². The molecule has 1 aliphatic rings. The Bertz CT molecular complexity index is 564. The average Bonchev–Trinajstić information content (AvgIpc) is 2.59. The van der Waals surface area contributed by atoms with Crippen LogP contribution in [0.4, 0.5) is 4.39 Å². The van der Waals surface area contributed by atoms with Crippen LogP contribution in [0.1, 0.15) is 13.3 Å². The highest BCUT2D eigenvalue weighted by Gasteiger charge is 2.37. The summed E-state index contributed by atoms with van der Waals surface area (Å²) in [6.45, 7) is 2.18. The smallest absolute Gasteiger partial charge is 0.244 e. The Morgan fingerprint density at radius 2 is 2.17 bits per heavy atom. The second-order valence-corrected chi connectivity index (χ2v) is 7.10. The lowest BCUT2D eigenvalue weighted by Crippen LogP contribution is -2.40. The van der Waals surface area contributed by atoms with Crippen LogP contribution in [0, 0.1) is 5.82 Å². The SMILES string of the molecule is CC1C(N)CCN1S(=O)(=O)c1ccc(F)cc1Br. The lowest BCUT2D eigenvalue weighted by molar-refractivity contribution is 0.393. The van der Waals surface area contributed by atoms with Gasteiger partial charge in [-0.2, -0.15) is 4.31 Å². The first-order valence-electron chi connectivity index (χ1n) is 5.56. The monoisotopic (exact) mass is 336 g/mol. The van der Waals surface area contributed by atoms with E-state index in [0.29, 0.717) is 13.0 Å². The van der Waals surface area contributed by atoms with E-state index in [9.17, 15) is 12.8 Å². The fourth-order valence-corrected chi connectivity index (χ4v) is 4.79. The number of sulfonamides is 1. The van der Waals surface area contributed by atoms with Crippen molar-refractivity contribution < 1.29 is 12.8 Å². The number of hydrogen-bond acceptors (Lipinski definition) is 3. The molecule has 2 atom stereocenters. The van der Waals surface area contributed by atoms with Gasteiger partial charge in [0.15, 0.2) is 0 Å². The van der Waals surface area contributed by atoms with Crippen LogP contribution in [0.2, 0.25) is 0 Å². The minimum atomic E-state index is -3.63. The zero-order valence-corrected chi connectivity index (χ0v) is 12.2. The van der Waals surface area contributed by atoms with Crippen molar-refractivity contribution >= 4 is 26.0 Å². The summed E-state index contributed by atoms with van der Waals surface area (Å²) in [4.78, 5) is 0.0739. The largest absolute Gasteiger partial charge is 0.326 e. The minimum Gasteiger partial charge on any atom is -0.326 e. The number of nitrogens with zero attached hydrogens (tertiary/aromatic N) is 1. The molecule has 0 bridgehead atoms. The predicted molar refractivity (Wildman–Crippen MR) is 70.0 cm³/mol. The Balaban J connectivity index is 2.43. The summed E-state index contributed by atoms with van der Waals surface area (Å²) < 4.78 is 39.5. The highest BCUT2D eigenvalue weighted by atomic mass is 79.9. The van der Waals surface area contributed by atoms with Crippen LogP contribution in [0.25, 0.3) is 0 Å². The van der Waals surface area contributed by atoms with Crippen molar-refractivity contribution in [2.75, 3.05) is 6.54 Å². The van der Waals surface area contributed by atoms with Gasteiger partial charge in [-0.3, -0.25) is 0 Å². The topological polar surface area (TPSA) is 63.4 Å². The second kappa shape index (κ2) is 4.88. The molecule has 0 amide bonds. The van der Waals surface area contributed by atoms with E-state index in [2.05, 4.69) is 15.9 Å². The van der Waals surface area contributed by atoms with Crippen molar-refractivity contribution in [1.29, 1.82) is 0 Å². The van der Waals surface area contributed by atoms with Crippen molar-refractivity contribution in [2.45, 2.75) is 30.3 Å². The number of nitrogens with two attached hydrogens (primary N) is 1. The molecule has 1 aromatic carbocycles. The minimum absolute atomic E-state index is 0.0739. The summed E-state index contributed by atoms with van der Waals surface area (Å²) in [5.74, 6) is -0.480. The highest BCUT2D eigenvalue weighted by molar-refractivity contribution is 9.10. The molecular formula is C11H14BrFN2O2S. The van der Waals surface area contributed by atoms with E-state index in [1.807, 2.05) is 0 Å². The van der Waals surface area contributed by atoms with Gasteiger partial charge in [-0.15, -0.1) is 0 Å². The maximum absolute atomic E-state index is 13.0. The van der Waals surface area contributed by atoms with Crippen molar-refractivity contribution in [2.24, 2.45) is 5.73 Å². The second-order valence-electron chi connectivity index (χ2n) is 4.38. The van der Waals surface area contributed by atoms with Gasteiger partial charge in [0.1, 0.15) is 5.82 Å². The number of rotatable bonds is 2. The Kier molecular flexibility index (Phi) is 3.77. The van der Waals surface area contributed by atoms with Crippen LogP contribution in [-0.2, 0) is 10.0 Å². The normalized spacial score (nSPS) is 25.6. The standard InChI is InChI=1S/C11H14BrFN2O2S/c1-7-10(14)4-5-15(7)18(16,17)11-3-2-8(13)6-9(11)12/h2-3,6-7,10H,4-5,14H2,1H3. The summed E-state index contributed by atoms with van der Waals surface area (Å²) in [6.07, 6.45) is 0.638. The van der Waals surface area contributed by atoms with Gasteiger partial charge < -0.3 is 5.73 Å². The van der Waals surface area contributed by atoms with Gasteiger partial charge in [0.2, 0.25) is 10.0 Å². The first-order valence-corrected chi connectivity index (χ1v) is 7.80. The Morgan fingerprint density at radius 1 is 1.50 bits per heavy atom. The third-order valence-corrected chi connectivity index (χ3v) is 6.20. The highest BCUT2D eigenvalue weighted by Crippen LogP contribution is 2.30. The fraction of sp³-hybridized carbons (Fsp3) is 0.455. The maximum atomic E-state index is 13.0. The molecule has 0 spiro atoms. The van der Waals surface area contributed by atoms with Gasteiger partial charge in [-0.1, -0.05) is 0 Å². The molecule has 1 aromatic rings.